The van der Waals surface area contributed by atoms with Crippen molar-refractivity contribution >= 4 is 16.0 Å². The number of carbonyl (C=O) groups is 1. The van der Waals surface area contributed by atoms with Gasteiger partial charge in [-0.25, -0.2) is 13.2 Å². The van der Waals surface area contributed by atoms with Crippen LogP contribution in [0.4, 0.5) is 13.2 Å². The Morgan fingerprint density at radius 1 is 1.33 bits per heavy atom. The highest BCUT2D eigenvalue weighted by molar-refractivity contribution is 7.90. The van der Waals surface area contributed by atoms with Gasteiger partial charge in [-0.3, -0.25) is 4.98 Å². The lowest BCUT2D eigenvalue weighted by Gasteiger charge is -2.31. The average molecular weight is 452 g/mol. The van der Waals surface area contributed by atoms with Gasteiger partial charge in [-0.1, -0.05) is 6.07 Å². The number of halogens is 3. The minimum absolute atomic E-state index is 0.0618. The van der Waals surface area contributed by atoms with Gasteiger partial charge in [-0.05, 0) is 37.3 Å². The zero-order chi connectivity index (χ0) is 21.9. The van der Waals surface area contributed by atoms with E-state index >= 15 is 0 Å². The molecule has 1 saturated carbocycles. The fourth-order valence-corrected chi connectivity index (χ4v) is 5.62. The fourth-order valence-electron chi connectivity index (χ4n) is 3.55. The van der Waals surface area contributed by atoms with Gasteiger partial charge in [0.15, 0.2) is 0 Å². The Kier molecular flexibility index (Phi) is 7.00. The molecule has 30 heavy (non-hydrogen) atoms. The van der Waals surface area contributed by atoms with Crippen molar-refractivity contribution in [3.63, 3.8) is 0 Å². The second-order valence-corrected chi connectivity index (χ2v) is 9.54. The van der Waals surface area contributed by atoms with Crippen LogP contribution in [-0.2, 0) is 30.9 Å². The number of carboxylic acid groups (broad SMARTS) is 1. The number of pyridine rings is 1. The predicted molar refractivity (Wildman–Crippen MR) is 97.9 cm³/mol. The van der Waals surface area contributed by atoms with Crippen LogP contribution >= 0.6 is 0 Å². The molecule has 0 amide bonds. The van der Waals surface area contributed by atoms with E-state index in [9.17, 15) is 21.6 Å². The van der Waals surface area contributed by atoms with E-state index in [1.165, 1.54) is 0 Å². The van der Waals surface area contributed by atoms with Crippen LogP contribution in [0.15, 0.2) is 24.5 Å². The third-order valence-electron chi connectivity index (χ3n) is 5.13. The Morgan fingerprint density at radius 3 is 2.60 bits per heavy atom. The van der Waals surface area contributed by atoms with E-state index in [0.717, 1.165) is 31.2 Å². The maximum Gasteiger partial charge on any atom is 0.490 e. The first-order chi connectivity index (χ1) is 14.1. The molecule has 0 bridgehead atoms. The summed E-state index contributed by atoms with van der Waals surface area (Å²) in [6.45, 7) is 1.53. The predicted octanol–water partition coefficient (Wildman–Crippen LogP) is 1.96. The van der Waals surface area contributed by atoms with Crippen LogP contribution in [0.2, 0.25) is 0 Å². The van der Waals surface area contributed by atoms with Crippen molar-refractivity contribution in [2.75, 3.05) is 13.2 Å². The minimum atomic E-state index is -5.08. The molecule has 0 radical (unpaired) electrons. The largest absolute Gasteiger partial charge is 0.490 e. The Hall–Kier alpha value is -1.76. The molecule has 0 unspecified atom stereocenters. The molecule has 0 spiro atoms. The molecule has 3 fully saturated rings. The van der Waals surface area contributed by atoms with E-state index in [2.05, 4.69) is 4.98 Å². The third-order valence-corrected chi connectivity index (χ3v) is 7.52. The maximum absolute atomic E-state index is 12.7. The summed E-state index contributed by atoms with van der Waals surface area (Å²) >= 11 is 0. The SMILES string of the molecule is O=C(O)C(F)(F)F.O=S(=O)(C1CC1)N1C[C@@H](OCc2cccnc2)[C@H]2OCCC[C@@H]21. The average Bonchev–Trinajstić information content (AvgIpc) is 3.49. The molecule has 4 rings (SSSR count). The molecule has 1 N–H and O–H groups in total. The van der Waals surface area contributed by atoms with Gasteiger partial charge in [0.25, 0.3) is 0 Å². The van der Waals surface area contributed by atoms with Gasteiger partial charge >= 0.3 is 12.1 Å². The highest BCUT2D eigenvalue weighted by atomic mass is 32.2. The molecule has 1 aliphatic carbocycles. The molecule has 3 heterocycles. The number of ether oxygens (including phenoxy) is 2. The van der Waals surface area contributed by atoms with Crippen molar-refractivity contribution in [1.82, 2.24) is 9.29 Å². The molecule has 2 aliphatic heterocycles. The summed E-state index contributed by atoms with van der Waals surface area (Å²) in [4.78, 5) is 13.0. The van der Waals surface area contributed by atoms with Crippen molar-refractivity contribution in [2.45, 2.75) is 62.0 Å². The third kappa shape index (κ3) is 5.48. The number of carboxylic acids is 1. The topological polar surface area (TPSA) is 106 Å². The van der Waals surface area contributed by atoms with E-state index in [1.54, 1.807) is 16.7 Å². The molecule has 1 aromatic rings. The molecule has 8 nitrogen and oxygen atoms in total. The van der Waals surface area contributed by atoms with E-state index < -0.39 is 22.2 Å². The van der Waals surface area contributed by atoms with Crippen LogP contribution in [0, 0.1) is 0 Å². The van der Waals surface area contributed by atoms with E-state index in [1.807, 2.05) is 12.1 Å². The Balaban J connectivity index is 0.000000318. The lowest BCUT2D eigenvalue weighted by Crippen LogP contribution is -2.44. The van der Waals surface area contributed by atoms with Crippen LogP contribution in [0.5, 0.6) is 0 Å². The zero-order valence-electron chi connectivity index (χ0n) is 16.0. The standard InChI is InChI=1S/C16H22N2O4S.C2HF3O2/c19-23(20,13-5-6-13)18-10-15(16-14(18)4-2-8-21-16)22-11-12-3-1-7-17-9-12;3-2(4,5)1(6)7/h1,3,7,9,13-16H,2,4-6,8,10-11H2;(H,6,7)/t14-,15+,16-;/m0./s1. The molecule has 1 aromatic heterocycles. The molecule has 3 atom stereocenters. The van der Waals surface area contributed by atoms with Gasteiger partial charge < -0.3 is 14.6 Å². The summed E-state index contributed by atoms with van der Waals surface area (Å²) < 4.78 is 70.6. The first-order valence-corrected chi connectivity index (χ1v) is 11.0. The van der Waals surface area contributed by atoms with Crippen LogP contribution in [-0.4, -0.2) is 71.6 Å². The van der Waals surface area contributed by atoms with Gasteiger partial charge in [-0.15, -0.1) is 0 Å². The summed E-state index contributed by atoms with van der Waals surface area (Å²) in [5, 5.41) is 6.95. The summed E-state index contributed by atoms with van der Waals surface area (Å²) in [7, 11) is -3.19. The minimum Gasteiger partial charge on any atom is -0.475 e. The number of hydrogen-bond donors (Lipinski definition) is 1. The number of rotatable bonds is 5. The quantitative estimate of drug-likeness (QED) is 0.728. The van der Waals surface area contributed by atoms with Gasteiger partial charge in [-0.2, -0.15) is 17.5 Å². The second kappa shape index (κ2) is 9.16. The highest BCUT2D eigenvalue weighted by Crippen LogP contribution is 2.39. The van der Waals surface area contributed by atoms with Gasteiger partial charge in [0.2, 0.25) is 10.0 Å². The number of nitrogens with zero attached hydrogens (tertiary/aromatic N) is 2. The van der Waals surface area contributed by atoms with E-state index in [-0.39, 0.29) is 23.5 Å². The van der Waals surface area contributed by atoms with Gasteiger partial charge in [0.05, 0.1) is 24.0 Å². The van der Waals surface area contributed by atoms with E-state index in [0.29, 0.717) is 19.8 Å². The molecule has 12 heteroatoms. The van der Waals surface area contributed by atoms with Gasteiger partial charge in [0, 0.05) is 25.5 Å². The normalized spacial score (nSPS) is 27.1. The molecular weight excluding hydrogens is 429 g/mol. The number of fused-ring (bicyclic) bond motifs is 1. The number of hydrogen-bond acceptors (Lipinski definition) is 6. The molecular formula is C18H23F3N2O6S. The number of sulfonamides is 1. The summed E-state index contributed by atoms with van der Waals surface area (Å²) in [5.74, 6) is -2.76. The summed E-state index contributed by atoms with van der Waals surface area (Å²) in [5.41, 5.74) is 0.989. The number of aromatic nitrogens is 1. The monoisotopic (exact) mass is 452 g/mol. The molecule has 0 aromatic carbocycles. The van der Waals surface area contributed by atoms with Crippen LogP contribution in [0.3, 0.4) is 0 Å². The number of alkyl halides is 3. The lowest BCUT2D eigenvalue weighted by molar-refractivity contribution is -0.192. The number of aliphatic carboxylic acids is 1. The van der Waals surface area contributed by atoms with Crippen LogP contribution < -0.4 is 0 Å². The van der Waals surface area contributed by atoms with Crippen molar-refractivity contribution in [3.05, 3.63) is 30.1 Å². The van der Waals surface area contributed by atoms with Crippen LogP contribution in [0.1, 0.15) is 31.2 Å². The highest BCUT2D eigenvalue weighted by Gasteiger charge is 2.53. The smallest absolute Gasteiger partial charge is 0.475 e. The van der Waals surface area contributed by atoms with Gasteiger partial charge in [0.1, 0.15) is 6.10 Å². The van der Waals surface area contributed by atoms with Crippen molar-refractivity contribution in [3.8, 4) is 0 Å². The Labute approximate surface area is 172 Å². The lowest BCUT2D eigenvalue weighted by atomic mass is 10.0. The fraction of sp³-hybridized carbons (Fsp3) is 0.667. The molecule has 2 saturated heterocycles. The summed E-state index contributed by atoms with van der Waals surface area (Å²) in [6.07, 6.45) is 1.42. The van der Waals surface area contributed by atoms with E-state index in [4.69, 9.17) is 19.4 Å². The van der Waals surface area contributed by atoms with Crippen molar-refractivity contribution < 1.29 is 41.0 Å². The first-order valence-electron chi connectivity index (χ1n) is 9.53. The summed E-state index contributed by atoms with van der Waals surface area (Å²) in [6, 6.07) is 3.77. The van der Waals surface area contributed by atoms with Crippen molar-refractivity contribution in [1.29, 1.82) is 0 Å². The Morgan fingerprint density at radius 2 is 2.03 bits per heavy atom. The second-order valence-electron chi connectivity index (χ2n) is 7.37. The van der Waals surface area contributed by atoms with Crippen LogP contribution in [0.25, 0.3) is 0 Å². The zero-order valence-corrected chi connectivity index (χ0v) is 16.8. The Bertz CT molecular complexity index is 832. The molecule has 168 valence electrons. The maximum atomic E-state index is 12.7. The van der Waals surface area contributed by atoms with Crippen molar-refractivity contribution in [2.24, 2.45) is 0 Å². The first kappa shape index (κ1) is 22.9. The molecule has 3 aliphatic rings.